The van der Waals surface area contributed by atoms with E-state index >= 15 is 0 Å². The van der Waals surface area contributed by atoms with Gasteiger partial charge in [0.25, 0.3) is 5.91 Å². The van der Waals surface area contributed by atoms with Gasteiger partial charge in [-0.2, -0.15) is 0 Å². The number of benzene rings is 2. The minimum absolute atomic E-state index is 0.0104. The number of nitrogens with one attached hydrogen (secondary N) is 2. The summed E-state index contributed by atoms with van der Waals surface area (Å²) in [5.74, 6) is 2.20. The van der Waals surface area contributed by atoms with Gasteiger partial charge in [-0.1, -0.05) is 57.0 Å². The summed E-state index contributed by atoms with van der Waals surface area (Å²) in [4.78, 5) is 34.0. The molecule has 0 spiro atoms. The van der Waals surface area contributed by atoms with Gasteiger partial charge < -0.3 is 20.1 Å². The zero-order chi connectivity index (χ0) is 32.0. The topological polar surface area (TPSA) is 79.3 Å². The molecule has 3 aromatic rings. The quantitative estimate of drug-likeness (QED) is 0.273. The van der Waals surface area contributed by atoms with Gasteiger partial charge in [-0.15, -0.1) is 0 Å². The van der Waals surface area contributed by atoms with Crippen LogP contribution in [0.1, 0.15) is 106 Å². The molecule has 242 valence electrons. The van der Waals surface area contributed by atoms with E-state index in [-0.39, 0.29) is 17.9 Å². The van der Waals surface area contributed by atoms with Crippen LogP contribution in [0.15, 0.2) is 24.3 Å². The normalized spacial score (nSPS) is 23.4. The van der Waals surface area contributed by atoms with Crippen molar-refractivity contribution in [1.82, 2.24) is 20.2 Å². The fraction of sp³-hybridized carbons (Fsp3) is 0.583. The highest BCUT2D eigenvalue weighted by atomic mass is 35.5. The molecule has 0 radical (unpaired) electrons. The summed E-state index contributed by atoms with van der Waals surface area (Å²) in [5.41, 5.74) is 4.63. The van der Waals surface area contributed by atoms with Crippen molar-refractivity contribution < 1.29 is 9.59 Å². The molecule has 3 heterocycles. The number of imidazole rings is 1. The Morgan fingerprint density at radius 2 is 1.71 bits per heavy atom. The zero-order valence-corrected chi connectivity index (χ0v) is 28.8. The summed E-state index contributed by atoms with van der Waals surface area (Å²) in [6.07, 6.45) is 9.74. The molecule has 1 aromatic heterocycles. The van der Waals surface area contributed by atoms with Crippen LogP contribution in [0.25, 0.3) is 11.0 Å². The Labute approximate surface area is 277 Å². The molecule has 45 heavy (non-hydrogen) atoms. The Balaban J connectivity index is 1.33. The van der Waals surface area contributed by atoms with Crippen LogP contribution >= 0.6 is 23.2 Å². The first-order chi connectivity index (χ1) is 21.4. The molecule has 0 atom stereocenters. The number of carbonyl (C=O) groups excluding carboxylic acids is 2. The molecule has 4 aliphatic rings. The van der Waals surface area contributed by atoms with E-state index in [4.69, 9.17) is 28.2 Å². The van der Waals surface area contributed by atoms with Crippen molar-refractivity contribution in [3.8, 4) is 0 Å². The van der Waals surface area contributed by atoms with Gasteiger partial charge in [-0.05, 0) is 92.5 Å². The van der Waals surface area contributed by atoms with E-state index < -0.39 is 5.41 Å². The van der Waals surface area contributed by atoms with E-state index in [1.54, 1.807) is 0 Å². The third-order valence-corrected chi connectivity index (χ3v) is 11.3. The van der Waals surface area contributed by atoms with Gasteiger partial charge in [0.1, 0.15) is 5.82 Å². The third-order valence-electron chi connectivity index (χ3n) is 10.4. The number of aromatic nitrogens is 2. The lowest BCUT2D eigenvalue weighted by Gasteiger charge is -2.47. The predicted octanol–water partition coefficient (Wildman–Crippen LogP) is 7.82. The standard InChI is InChI=1S/C36H47Cl2N5O2/c1-21-6-11-24(12-7-21)40-34(44)27-16-29-31(18-30(27)43-20-22-8-13-25(43)14-9-22)42(5)32(41-29)17-26-28(37)15-10-23(33(26)38)19-39-35(45)36(2,3)4/h10,15-16,18,21-22,24-25H,6-9,11-14,17,19-20H2,1-5H3,(H,39,45)(H,40,44). The average molecular weight is 653 g/mol. The number of aryl methyl sites for hydroxylation is 1. The second kappa shape index (κ2) is 12.8. The van der Waals surface area contributed by atoms with Crippen molar-refractivity contribution in [3.63, 3.8) is 0 Å². The zero-order valence-electron chi connectivity index (χ0n) is 27.3. The fourth-order valence-corrected chi connectivity index (χ4v) is 8.00. The van der Waals surface area contributed by atoms with Gasteiger partial charge in [0.15, 0.2) is 0 Å². The molecule has 0 unspecified atom stereocenters. The van der Waals surface area contributed by atoms with E-state index in [0.29, 0.717) is 35.0 Å². The molecule has 2 aromatic carbocycles. The lowest BCUT2D eigenvalue weighted by Crippen LogP contribution is -2.49. The third kappa shape index (κ3) is 6.71. The molecule has 2 saturated heterocycles. The van der Waals surface area contributed by atoms with Gasteiger partial charge in [0, 0.05) is 49.1 Å². The fourth-order valence-electron chi connectivity index (χ4n) is 7.43. The van der Waals surface area contributed by atoms with Crippen molar-refractivity contribution in [2.24, 2.45) is 24.3 Å². The number of fused-ring (bicyclic) bond motifs is 4. The summed E-state index contributed by atoms with van der Waals surface area (Å²) >= 11 is 13.6. The van der Waals surface area contributed by atoms with Crippen LogP contribution in [0.4, 0.5) is 5.69 Å². The smallest absolute Gasteiger partial charge is 0.253 e. The molecule has 2 N–H and O–H groups in total. The van der Waals surface area contributed by atoms with Crippen LogP contribution in [0.5, 0.6) is 0 Å². The Bertz CT molecular complexity index is 1590. The second-order valence-corrected chi connectivity index (χ2v) is 15.6. The summed E-state index contributed by atoms with van der Waals surface area (Å²) in [6.45, 7) is 9.28. The number of nitrogens with zero attached hydrogens (tertiary/aromatic N) is 3. The van der Waals surface area contributed by atoms with E-state index in [1.807, 2.05) is 46.0 Å². The van der Waals surface area contributed by atoms with E-state index in [9.17, 15) is 9.59 Å². The van der Waals surface area contributed by atoms with Gasteiger partial charge >= 0.3 is 0 Å². The number of hydrogen-bond acceptors (Lipinski definition) is 4. The molecular weight excluding hydrogens is 605 g/mol. The summed E-state index contributed by atoms with van der Waals surface area (Å²) in [5, 5.41) is 7.48. The summed E-state index contributed by atoms with van der Waals surface area (Å²) < 4.78 is 2.10. The Morgan fingerprint density at radius 1 is 1.00 bits per heavy atom. The lowest BCUT2D eigenvalue weighted by molar-refractivity contribution is -0.128. The molecule has 2 bridgehead atoms. The second-order valence-electron chi connectivity index (χ2n) is 14.8. The van der Waals surface area contributed by atoms with Gasteiger partial charge in [-0.25, -0.2) is 4.98 Å². The Morgan fingerprint density at radius 3 is 2.36 bits per heavy atom. The Kier molecular flexibility index (Phi) is 9.15. The van der Waals surface area contributed by atoms with Crippen LogP contribution in [0.3, 0.4) is 0 Å². The van der Waals surface area contributed by atoms with Gasteiger partial charge in [-0.3, -0.25) is 9.59 Å². The summed E-state index contributed by atoms with van der Waals surface area (Å²) in [7, 11) is 2.02. The molecule has 9 heteroatoms. The molecule has 2 aliphatic heterocycles. The van der Waals surface area contributed by atoms with Crippen LogP contribution in [-0.4, -0.2) is 40.0 Å². The first-order valence-electron chi connectivity index (χ1n) is 16.7. The predicted molar refractivity (Wildman–Crippen MR) is 183 cm³/mol. The highest BCUT2D eigenvalue weighted by Gasteiger charge is 2.36. The largest absolute Gasteiger partial charge is 0.368 e. The maximum absolute atomic E-state index is 14.0. The molecule has 7 nitrogen and oxygen atoms in total. The summed E-state index contributed by atoms with van der Waals surface area (Å²) in [6, 6.07) is 8.58. The van der Waals surface area contributed by atoms with Crippen molar-refractivity contribution >= 4 is 51.7 Å². The van der Waals surface area contributed by atoms with Crippen molar-refractivity contribution in [1.29, 1.82) is 0 Å². The van der Waals surface area contributed by atoms with E-state index in [2.05, 4.69) is 33.1 Å². The molecule has 2 aliphatic carbocycles. The maximum atomic E-state index is 14.0. The molecule has 2 amide bonds. The first-order valence-corrected chi connectivity index (χ1v) is 17.5. The molecular formula is C36H47Cl2N5O2. The van der Waals surface area contributed by atoms with E-state index in [1.165, 1.54) is 25.7 Å². The van der Waals surface area contributed by atoms with Crippen LogP contribution in [-0.2, 0) is 24.8 Å². The number of carbonyl (C=O) groups is 2. The van der Waals surface area contributed by atoms with Crippen molar-refractivity contribution in [2.45, 2.75) is 104 Å². The highest BCUT2D eigenvalue weighted by molar-refractivity contribution is 6.36. The van der Waals surface area contributed by atoms with Crippen LogP contribution < -0.4 is 15.5 Å². The van der Waals surface area contributed by atoms with E-state index in [0.717, 1.165) is 77.4 Å². The highest BCUT2D eigenvalue weighted by Crippen LogP contribution is 2.41. The monoisotopic (exact) mass is 651 g/mol. The SMILES string of the molecule is CC1CCC(NC(=O)c2cc3nc(Cc4c(Cl)ccc(CNC(=O)C(C)(C)C)c4Cl)n(C)c3cc2N2CC3CCC2CC3)CC1. The first kappa shape index (κ1) is 32.2. The van der Waals surface area contributed by atoms with Crippen molar-refractivity contribution in [2.75, 3.05) is 11.4 Å². The molecule has 7 rings (SSSR count). The number of halogens is 2. The number of piperidine rings is 2. The lowest BCUT2D eigenvalue weighted by atomic mass is 9.79. The minimum atomic E-state index is -0.494. The maximum Gasteiger partial charge on any atom is 0.253 e. The molecule has 4 fully saturated rings. The Hall–Kier alpha value is -2.77. The number of hydrogen-bond donors (Lipinski definition) is 2. The van der Waals surface area contributed by atoms with Crippen LogP contribution in [0, 0.1) is 17.3 Å². The van der Waals surface area contributed by atoms with Gasteiger partial charge in [0.05, 0.1) is 27.3 Å². The number of anilines is 1. The average Bonchev–Trinajstić information content (AvgIpc) is 3.33. The minimum Gasteiger partial charge on any atom is -0.368 e. The van der Waals surface area contributed by atoms with Crippen molar-refractivity contribution in [3.05, 3.63) is 56.8 Å². The number of rotatable bonds is 7. The molecule has 2 saturated carbocycles. The van der Waals surface area contributed by atoms with Crippen LogP contribution in [0.2, 0.25) is 10.0 Å². The van der Waals surface area contributed by atoms with Gasteiger partial charge in [0.2, 0.25) is 5.91 Å². The number of amides is 2.